The Kier molecular flexibility index (Phi) is 4.63. The molecule has 3 rings (SSSR count). The molecule has 0 aliphatic rings. The number of rotatable bonds is 4. The van der Waals surface area contributed by atoms with Crippen molar-refractivity contribution in [1.82, 2.24) is 0 Å². The lowest BCUT2D eigenvalue weighted by Crippen LogP contribution is -2.42. The minimum absolute atomic E-state index is 0.285. The van der Waals surface area contributed by atoms with Crippen LogP contribution in [-0.2, 0) is 4.79 Å². The van der Waals surface area contributed by atoms with Gasteiger partial charge in [0.25, 0.3) is 5.91 Å². The molecule has 6 heteroatoms. The predicted molar refractivity (Wildman–Crippen MR) is 100.0 cm³/mol. The standard InChI is InChI=1S/C19H16BrNO4/c1-19(2,25-15-7-4-13(20)5-8-15)18(23)21-14-6-9-16-12(11-14)3-10-17(22)24-16/h3-11H,1-2H3,(H,21,23). The fourth-order valence-electron chi connectivity index (χ4n) is 2.27. The average molecular weight is 402 g/mol. The molecule has 5 nitrogen and oxygen atoms in total. The summed E-state index contributed by atoms with van der Waals surface area (Å²) in [6, 6.07) is 15.3. The van der Waals surface area contributed by atoms with Crippen molar-refractivity contribution in [1.29, 1.82) is 0 Å². The highest BCUT2D eigenvalue weighted by molar-refractivity contribution is 9.10. The fraction of sp³-hybridized carbons (Fsp3) is 0.158. The molecule has 128 valence electrons. The molecule has 0 aliphatic carbocycles. The van der Waals surface area contributed by atoms with E-state index in [4.69, 9.17) is 9.15 Å². The van der Waals surface area contributed by atoms with Crippen molar-refractivity contribution in [2.45, 2.75) is 19.4 Å². The van der Waals surface area contributed by atoms with Crippen LogP contribution in [0.3, 0.4) is 0 Å². The summed E-state index contributed by atoms with van der Waals surface area (Å²) in [7, 11) is 0. The van der Waals surface area contributed by atoms with E-state index < -0.39 is 11.2 Å². The van der Waals surface area contributed by atoms with Crippen LogP contribution in [0.4, 0.5) is 5.69 Å². The van der Waals surface area contributed by atoms with Crippen molar-refractivity contribution in [3.05, 3.63) is 69.5 Å². The molecule has 0 fully saturated rings. The molecule has 3 aromatic rings. The summed E-state index contributed by atoms with van der Waals surface area (Å²) in [6.07, 6.45) is 0. The number of carbonyl (C=O) groups is 1. The molecule has 1 N–H and O–H groups in total. The van der Waals surface area contributed by atoms with E-state index in [1.807, 2.05) is 12.1 Å². The number of hydrogen-bond donors (Lipinski definition) is 1. The first-order valence-corrected chi connectivity index (χ1v) is 8.43. The first-order valence-electron chi connectivity index (χ1n) is 7.63. The second-order valence-corrected chi connectivity index (χ2v) is 6.94. The zero-order chi connectivity index (χ0) is 18.0. The zero-order valence-electron chi connectivity index (χ0n) is 13.7. The van der Waals surface area contributed by atoms with Crippen molar-refractivity contribution < 1.29 is 13.9 Å². The third-order valence-corrected chi connectivity index (χ3v) is 4.14. The van der Waals surface area contributed by atoms with Gasteiger partial charge in [-0.1, -0.05) is 15.9 Å². The van der Waals surface area contributed by atoms with Crippen LogP contribution in [0.25, 0.3) is 11.0 Å². The molecular formula is C19H16BrNO4. The Morgan fingerprint density at radius 2 is 1.80 bits per heavy atom. The van der Waals surface area contributed by atoms with Gasteiger partial charge in [0.05, 0.1) is 0 Å². The maximum absolute atomic E-state index is 12.6. The Bertz CT molecular complexity index is 977. The SMILES string of the molecule is CC(C)(Oc1ccc(Br)cc1)C(=O)Nc1ccc2oc(=O)ccc2c1. The molecule has 0 unspecified atom stereocenters. The number of carbonyl (C=O) groups excluding carboxylic acids is 1. The summed E-state index contributed by atoms with van der Waals surface area (Å²) in [4.78, 5) is 23.8. The van der Waals surface area contributed by atoms with Crippen LogP contribution in [0.1, 0.15) is 13.8 Å². The third-order valence-electron chi connectivity index (χ3n) is 3.61. The summed E-state index contributed by atoms with van der Waals surface area (Å²) in [5.74, 6) is 0.316. The van der Waals surface area contributed by atoms with Crippen LogP contribution in [0, 0.1) is 0 Å². The number of halogens is 1. The maximum atomic E-state index is 12.6. The molecule has 0 saturated carbocycles. The van der Waals surface area contributed by atoms with E-state index in [1.165, 1.54) is 6.07 Å². The molecule has 2 aromatic carbocycles. The van der Waals surface area contributed by atoms with E-state index in [-0.39, 0.29) is 5.91 Å². The van der Waals surface area contributed by atoms with Crippen LogP contribution >= 0.6 is 15.9 Å². The van der Waals surface area contributed by atoms with Gasteiger partial charge in [0.2, 0.25) is 0 Å². The van der Waals surface area contributed by atoms with E-state index in [0.29, 0.717) is 17.0 Å². The van der Waals surface area contributed by atoms with Crippen molar-refractivity contribution in [3.63, 3.8) is 0 Å². The van der Waals surface area contributed by atoms with Crippen molar-refractivity contribution >= 4 is 38.5 Å². The van der Waals surface area contributed by atoms with Crippen molar-refractivity contribution in [3.8, 4) is 5.75 Å². The van der Waals surface area contributed by atoms with Gasteiger partial charge in [0, 0.05) is 21.6 Å². The van der Waals surface area contributed by atoms with E-state index in [2.05, 4.69) is 21.2 Å². The van der Waals surface area contributed by atoms with E-state index >= 15 is 0 Å². The molecule has 0 saturated heterocycles. The van der Waals surface area contributed by atoms with Gasteiger partial charge >= 0.3 is 5.63 Å². The molecule has 0 bridgehead atoms. The molecule has 0 atom stereocenters. The lowest BCUT2D eigenvalue weighted by molar-refractivity contribution is -0.128. The van der Waals surface area contributed by atoms with Crippen LogP contribution < -0.4 is 15.7 Å². The number of nitrogens with one attached hydrogen (secondary N) is 1. The summed E-state index contributed by atoms with van der Waals surface area (Å²) in [5, 5.41) is 3.55. The van der Waals surface area contributed by atoms with Crippen LogP contribution in [0.2, 0.25) is 0 Å². The second kappa shape index (κ2) is 6.72. The summed E-state index contributed by atoms with van der Waals surface area (Å²) in [6.45, 7) is 3.40. The summed E-state index contributed by atoms with van der Waals surface area (Å²) >= 11 is 3.36. The second-order valence-electron chi connectivity index (χ2n) is 6.03. The Morgan fingerprint density at radius 1 is 1.08 bits per heavy atom. The van der Waals surface area contributed by atoms with Gasteiger partial charge < -0.3 is 14.5 Å². The Morgan fingerprint density at radius 3 is 2.52 bits per heavy atom. The lowest BCUT2D eigenvalue weighted by Gasteiger charge is -2.25. The Hall–Kier alpha value is -2.60. The first-order chi connectivity index (χ1) is 11.8. The highest BCUT2D eigenvalue weighted by Crippen LogP contribution is 2.23. The van der Waals surface area contributed by atoms with Crippen molar-refractivity contribution in [2.24, 2.45) is 0 Å². The number of hydrogen-bond acceptors (Lipinski definition) is 4. The molecule has 0 radical (unpaired) electrons. The summed E-state index contributed by atoms with van der Waals surface area (Å²) < 4.78 is 11.8. The van der Waals surface area contributed by atoms with Crippen LogP contribution in [-0.4, -0.2) is 11.5 Å². The van der Waals surface area contributed by atoms with Crippen molar-refractivity contribution in [2.75, 3.05) is 5.32 Å². The van der Waals surface area contributed by atoms with Crippen LogP contribution in [0.5, 0.6) is 5.75 Å². The smallest absolute Gasteiger partial charge is 0.336 e. The minimum Gasteiger partial charge on any atom is -0.478 e. The lowest BCUT2D eigenvalue weighted by atomic mass is 10.1. The van der Waals surface area contributed by atoms with Gasteiger partial charge in [-0.05, 0) is 62.4 Å². The van der Waals surface area contributed by atoms with Gasteiger partial charge in [-0.3, -0.25) is 4.79 Å². The van der Waals surface area contributed by atoms with Gasteiger partial charge in [0.1, 0.15) is 11.3 Å². The quantitative estimate of drug-likeness (QED) is 0.659. The summed E-state index contributed by atoms with van der Waals surface area (Å²) in [5.41, 5.74) is -0.408. The highest BCUT2D eigenvalue weighted by atomic mass is 79.9. The molecule has 0 spiro atoms. The highest BCUT2D eigenvalue weighted by Gasteiger charge is 2.30. The Balaban J connectivity index is 1.77. The van der Waals surface area contributed by atoms with Crippen LogP contribution in [0.15, 0.2) is 68.3 Å². The average Bonchev–Trinajstić information content (AvgIpc) is 2.57. The van der Waals surface area contributed by atoms with E-state index in [1.54, 1.807) is 50.2 Å². The third kappa shape index (κ3) is 4.09. The Labute approximate surface area is 152 Å². The fourth-order valence-corrected chi connectivity index (χ4v) is 2.54. The molecule has 0 aliphatic heterocycles. The molecule has 1 heterocycles. The predicted octanol–water partition coefficient (Wildman–Crippen LogP) is 4.35. The molecular weight excluding hydrogens is 386 g/mol. The topological polar surface area (TPSA) is 68.5 Å². The molecule has 1 amide bonds. The maximum Gasteiger partial charge on any atom is 0.336 e. The van der Waals surface area contributed by atoms with Gasteiger partial charge in [-0.15, -0.1) is 0 Å². The number of anilines is 1. The number of benzene rings is 2. The largest absolute Gasteiger partial charge is 0.478 e. The minimum atomic E-state index is -1.06. The van der Waals surface area contributed by atoms with E-state index in [9.17, 15) is 9.59 Å². The number of amides is 1. The monoisotopic (exact) mass is 401 g/mol. The molecule has 1 aromatic heterocycles. The van der Waals surface area contributed by atoms with Gasteiger partial charge in [-0.2, -0.15) is 0 Å². The van der Waals surface area contributed by atoms with Gasteiger partial charge in [-0.25, -0.2) is 4.79 Å². The normalized spacial score (nSPS) is 11.3. The molecule has 25 heavy (non-hydrogen) atoms. The number of fused-ring (bicyclic) bond motifs is 1. The van der Waals surface area contributed by atoms with E-state index in [0.717, 1.165) is 9.86 Å². The van der Waals surface area contributed by atoms with Gasteiger partial charge in [0.15, 0.2) is 5.60 Å². The zero-order valence-corrected chi connectivity index (χ0v) is 15.3. The number of ether oxygens (including phenoxy) is 1. The first kappa shape index (κ1) is 17.2.